The lowest BCUT2D eigenvalue weighted by atomic mass is 9.86. The fraction of sp³-hybridized carbons (Fsp3) is 0.282. The number of anilines is 1. The molecule has 0 radical (unpaired) electrons. The lowest BCUT2D eigenvalue weighted by Crippen LogP contribution is -2.29. The van der Waals surface area contributed by atoms with Gasteiger partial charge in [-0.05, 0) is 58.5 Å². The van der Waals surface area contributed by atoms with Crippen molar-refractivity contribution in [3.05, 3.63) is 107 Å². The average Bonchev–Trinajstić information content (AvgIpc) is 3.57. The average molecular weight is 762 g/mol. The number of rotatable bonds is 10. The van der Waals surface area contributed by atoms with Gasteiger partial charge in [-0.3, -0.25) is 9.36 Å². The van der Waals surface area contributed by atoms with Crippen LogP contribution in [0, 0.1) is 0 Å². The predicted molar refractivity (Wildman–Crippen MR) is 211 cm³/mol. The van der Waals surface area contributed by atoms with Crippen LogP contribution in [-0.4, -0.2) is 45.1 Å². The number of hydrogen-bond donors (Lipinski definition) is 1. The molecule has 51 heavy (non-hydrogen) atoms. The van der Waals surface area contributed by atoms with Crippen molar-refractivity contribution in [2.24, 2.45) is 0 Å². The third kappa shape index (κ3) is 8.26. The molecule has 1 fully saturated rings. The van der Waals surface area contributed by atoms with Gasteiger partial charge in [-0.25, -0.2) is 14.0 Å². The van der Waals surface area contributed by atoms with E-state index in [9.17, 15) is 13.2 Å². The Morgan fingerprint density at radius 2 is 1.43 bits per heavy atom. The molecule has 0 bridgehead atoms. The van der Waals surface area contributed by atoms with Gasteiger partial charge >= 0.3 is 10.2 Å². The minimum atomic E-state index is -3.96. The highest BCUT2D eigenvalue weighted by atomic mass is 35.5. The zero-order chi connectivity index (χ0) is 36.7. The Morgan fingerprint density at radius 3 is 1.98 bits per heavy atom. The molecule has 0 atom stereocenters. The highest BCUT2D eigenvalue weighted by molar-refractivity contribution is 7.92. The molecular weight excluding hydrogens is 720 g/mol. The van der Waals surface area contributed by atoms with E-state index < -0.39 is 24.2 Å². The van der Waals surface area contributed by atoms with Crippen molar-refractivity contribution in [1.82, 2.24) is 14.3 Å². The molecule has 0 aliphatic carbocycles. The van der Waals surface area contributed by atoms with Crippen molar-refractivity contribution in [1.29, 1.82) is 0 Å². The molecule has 4 aromatic carbocycles. The summed E-state index contributed by atoms with van der Waals surface area (Å²) >= 11 is 13.1. The molecule has 1 aromatic heterocycles. The van der Waals surface area contributed by atoms with Crippen LogP contribution in [0.4, 0.5) is 5.69 Å². The second-order valence-electron chi connectivity index (χ2n) is 15.0. The summed E-state index contributed by atoms with van der Waals surface area (Å²) < 4.78 is 36.6. The van der Waals surface area contributed by atoms with Crippen LogP contribution in [-0.2, 0) is 31.9 Å². The smallest absolute Gasteiger partial charge is 0.326 e. The Morgan fingerprint density at radius 1 is 0.843 bits per heavy atom. The molecule has 0 saturated carbocycles. The van der Waals surface area contributed by atoms with Crippen molar-refractivity contribution < 1.29 is 17.9 Å². The van der Waals surface area contributed by atoms with Crippen LogP contribution in [0.3, 0.4) is 0 Å². The first-order chi connectivity index (χ1) is 24.0. The molecule has 1 aliphatic heterocycles. The van der Waals surface area contributed by atoms with Gasteiger partial charge in [0.15, 0.2) is 0 Å². The summed E-state index contributed by atoms with van der Waals surface area (Å²) in [7, 11) is -5.32. The van der Waals surface area contributed by atoms with Crippen molar-refractivity contribution in [2.75, 3.05) is 17.5 Å². The predicted octanol–water partition coefficient (Wildman–Crippen LogP) is 9.65. The van der Waals surface area contributed by atoms with Gasteiger partial charge in [0.05, 0.1) is 22.1 Å². The Labute approximate surface area is 311 Å². The number of hydrogen-bond acceptors (Lipinski definition) is 5. The normalized spacial score (nSPS) is 14.6. The van der Waals surface area contributed by atoms with E-state index in [-0.39, 0.29) is 18.7 Å². The quantitative estimate of drug-likeness (QED) is 0.113. The van der Waals surface area contributed by atoms with Gasteiger partial charge in [0.2, 0.25) is 0 Å². The molecule has 266 valence electrons. The number of halogens is 2. The largest absolute Gasteiger partial charge is 0.361 e. The minimum Gasteiger partial charge on any atom is -0.361 e. The third-order valence-corrected chi connectivity index (χ3v) is 12.5. The Kier molecular flexibility index (Phi) is 10.3. The fourth-order valence-corrected chi connectivity index (χ4v) is 8.34. The zero-order valence-corrected chi connectivity index (χ0v) is 33.0. The monoisotopic (exact) mass is 760 g/mol. The van der Waals surface area contributed by atoms with Gasteiger partial charge in [-0.15, -0.1) is 0 Å². The summed E-state index contributed by atoms with van der Waals surface area (Å²) in [5.41, 5.74) is 7.64. The van der Waals surface area contributed by atoms with Crippen LogP contribution >= 0.6 is 23.2 Å². The molecule has 1 N–H and O–H groups in total. The van der Waals surface area contributed by atoms with E-state index in [4.69, 9.17) is 32.9 Å². The van der Waals surface area contributed by atoms with E-state index in [1.54, 1.807) is 24.3 Å². The minimum absolute atomic E-state index is 0.0709. The van der Waals surface area contributed by atoms with E-state index in [2.05, 4.69) is 88.9 Å². The first kappa shape index (κ1) is 36.8. The second-order valence-corrected chi connectivity index (χ2v) is 23.1. The van der Waals surface area contributed by atoms with Crippen molar-refractivity contribution in [3.8, 4) is 45.0 Å². The molecule has 12 heteroatoms. The molecule has 0 unspecified atom stereocenters. The summed E-state index contributed by atoms with van der Waals surface area (Å²) in [6.07, 6.45) is 0. The number of nitrogens with zero attached hydrogens (tertiary/aromatic N) is 3. The lowest BCUT2D eigenvalue weighted by molar-refractivity contribution is -0.117. The number of carbonyl (C=O) groups is 1. The maximum Gasteiger partial charge on any atom is 0.326 e. The SMILES string of the molecule is CC(C)(C)c1ccc(-c2ccc(-c3nc(-c4ccc(Cl)cc4Cl)c(-c4ccc(N5CC(=O)NS5(=O)=O)cc4)n3COCC[Si](C)(C)C)cc2)cc1. The Hall–Kier alpha value is -3.93. The fourth-order valence-electron chi connectivity index (χ4n) is 5.93. The Bertz CT molecular complexity index is 2170. The van der Waals surface area contributed by atoms with Gasteiger partial charge in [0.25, 0.3) is 5.91 Å². The van der Waals surface area contributed by atoms with E-state index in [1.807, 2.05) is 27.5 Å². The van der Waals surface area contributed by atoms with Crippen LogP contribution in [0.15, 0.2) is 91.0 Å². The molecule has 1 amide bonds. The number of ether oxygens (including phenoxy) is 1. The highest BCUT2D eigenvalue weighted by Gasteiger charge is 2.34. The summed E-state index contributed by atoms with van der Waals surface area (Å²) in [6, 6.07) is 30.3. The number of aromatic nitrogens is 2. The molecule has 6 rings (SSSR count). The maximum absolute atomic E-state index is 12.6. The molecule has 0 spiro atoms. The van der Waals surface area contributed by atoms with Gasteiger partial charge in [0.1, 0.15) is 19.1 Å². The zero-order valence-electron chi connectivity index (χ0n) is 29.6. The standard InChI is InChI=1S/C39H42Cl2N4O4SSi/c1-39(2,3)30-15-11-27(12-16-30)26-7-9-29(10-8-26)38-42-36(33-20-17-31(40)23-34(33)41)37(44(38)25-49-21-22-51(4,5)6)28-13-18-32(19-14-28)45-24-35(46)43-50(45,47)48/h7-20,23H,21-22,24-25H2,1-6H3,(H,43,46). The van der Waals surface area contributed by atoms with Gasteiger partial charge in [-0.2, -0.15) is 8.42 Å². The third-order valence-electron chi connectivity index (χ3n) is 8.85. The van der Waals surface area contributed by atoms with E-state index in [0.29, 0.717) is 39.4 Å². The molecule has 5 aromatic rings. The summed E-state index contributed by atoms with van der Waals surface area (Å²) in [5, 5.41) is 0.947. The second kappa shape index (κ2) is 14.2. The van der Waals surface area contributed by atoms with Gasteiger partial charge in [-0.1, -0.05) is 124 Å². The van der Waals surface area contributed by atoms with Crippen molar-refractivity contribution >= 4 is 53.1 Å². The maximum atomic E-state index is 12.6. The van der Waals surface area contributed by atoms with Crippen LogP contribution in [0.25, 0.3) is 45.0 Å². The number of carbonyl (C=O) groups excluding carboxylic acids is 1. The molecule has 1 aliphatic rings. The first-order valence-electron chi connectivity index (χ1n) is 16.8. The van der Waals surface area contributed by atoms with Crippen LogP contribution in [0.1, 0.15) is 26.3 Å². The van der Waals surface area contributed by atoms with Crippen LogP contribution < -0.4 is 9.03 Å². The number of benzene rings is 4. The highest BCUT2D eigenvalue weighted by Crippen LogP contribution is 2.41. The summed E-state index contributed by atoms with van der Waals surface area (Å²) in [6.45, 7) is 14.1. The number of imidazole rings is 1. The number of amides is 1. The van der Waals surface area contributed by atoms with E-state index in [1.165, 1.54) is 5.56 Å². The lowest BCUT2D eigenvalue weighted by Gasteiger charge is -2.19. The topological polar surface area (TPSA) is 93.5 Å². The van der Waals surface area contributed by atoms with Crippen LogP contribution in [0.5, 0.6) is 0 Å². The van der Waals surface area contributed by atoms with Gasteiger partial charge in [0, 0.05) is 36.4 Å². The van der Waals surface area contributed by atoms with Crippen molar-refractivity contribution in [3.63, 3.8) is 0 Å². The summed E-state index contributed by atoms with van der Waals surface area (Å²) in [5.74, 6) is 0.111. The van der Waals surface area contributed by atoms with E-state index in [0.717, 1.165) is 38.3 Å². The van der Waals surface area contributed by atoms with Crippen molar-refractivity contribution in [2.45, 2.75) is 58.6 Å². The van der Waals surface area contributed by atoms with Crippen LogP contribution in [0.2, 0.25) is 35.7 Å². The van der Waals surface area contributed by atoms with Gasteiger partial charge < -0.3 is 4.74 Å². The summed E-state index contributed by atoms with van der Waals surface area (Å²) in [4.78, 5) is 17.2. The molecule has 8 nitrogen and oxygen atoms in total. The Balaban J connectivity index is 1.47. The van der Waals surface area contributed by atoms with E-state index >= 15 is 0 Å². The number of nitrogens with one attached hydrogen (secondary N) is 1. The molecule has 1 saturated heterocycles. The first-order valence-corrected chi connectivity index (χ1v) is 22.7. The molecule has 2 heterocycles. The molecular formula is C39H42Cl2N4O4SSi.